The summed E-state index contributed by atoms with van der Waals surface area (Å²) in [5, 5.41) is 13.1. The maximum atomic E-state index is 11.4. The molecule has 0 fully saturated rings. The van der Waals surface area contributed by atoms with E-state index < -0.39 is 12.1 Å². The molecule has 0 spiro atoms. The lowest BCUT2D eigenvalue weighted by atomic mass is 10.2. The first-order valence-corrected chi connectivity index (χ1v) is 5.97. The van der Waals surface area contributed by atoms with Gasteiger partial charge in [-0.1, -0.05) is 0 Å². The summed E-state index contributed by atoms with van der Waals surface area (Å²) in [7, 11) is 1.29. The number of carboxylic acids is 1. The minimum absolute atomic E-state index is 0.0261. The fraction of sp³-hybridized carbons (Fsp3) is 0.500. The van der Waals surface area contributed by atoms with E-state index in [0.717, 1.165) is 5.69 Å². The molecule has 17 heavy (non-hydrogen) atoms. The molecule has 0 saturated carbocycles. The number of aliphatic carboxylic acids is 1. The molecule has 0 aliphatic heterocycles. The lowest BCUT2D eigenvalue weighted by Crippen LogP contribution is -2.37. The number of rotatable bonds is 7. The summed E-state index contributed by atoms with van der Waals surface area (Å²) in [6, 6.07) is 0. The second kappa shape index (κ2) is 6.97. The molecule has 6 nitrogen and oxygen atoms in total. The molecule has 1 rings (SSSR count). The number of carbonyl (C=O) groups excluding carboxylic acids is 1. The van der Waals surface area contributed by atoms with Crippen LogP contribution < -0.4 is 5.32 Å². The summed E-state index contributed by atoms with van der Waals surface area (Å²) in [5.41, 5.74) is 2.57. The van der Waals surface area contributed by atoms with Gasteiger partial charge in [0.05, 0.1) is 17.7 Å². The maximum absolute atomic E-state index is 11.4. The van der Waals surface area contributed by atoms with Crippen LogP contribution in [0.5, 0.6) is 0 Å². The molecule has 1 unspecified atom stereocenters. The highest BCUT2D eigenvalue weighted by Crippen LogP contribution is 2.03. The van der Waals surface area contributed by atoms with E-state index in [1.54, 1.807) is 5.51 Å². The number of aromatic nitrogens is 1. The van der Waals surface area contributed by atoms with Crippen molar-refractivity contribution < 1.29 is 19.4 Å². The first-order chi connectivity index (χ1) is 8.13. The number of methoxy groups -OCH3 is 1. The summed E-state index contributed by atoms with van der Waals surface area (Å²) < 4.78 is 4.69. The summed E-state index contributed by atoms with van der Waals surface area (Å²) in [5.74, 6) is -1.30. The smallest absolute Gasteiger partial charge is 0.334 e. The van der Waals surface area contributed by atoms with Gasteiger partial charge in [0.25, 0.3) is 0 Å². The Bertz CT molecular complexity index is 366. The third-order valence-corrected chi connectivity index (χ3v) is 2.77. The Kier molecular flexibility index (Phi) is 5.58. The zero-order chi connectivity index (χ0) is 12.7. The van der Waals surface area contributed by atoms with Crippen LogP contribution >= 0.6 is 11.3 Å². The molecular weight excluding hydrogens is 244 g/mol. The van der Waals surface area contributed by atoms with Crippen molar-refractivity contribution in [1.82, 2.24) is 10.3 Å². The van der Waals surface area contributed by atoms with Gasteiger partial charge in [-0.05, 0) is 6.42 Å². The van der Waals surface area contributed by atoms with Crippen LogP contribution in [0.25, 0.3) is 0 Å². The van der Waals surface area contributed by atoms with Gasteiger partial charge in [0.2, 0.25) is 5.91 Å². The Hall–Kier alpha value is -1.47. The average molecular weight is 258 g/mol. The van der Waals surface area contributed by atoms with E-state index in [4.69, 9.17) is 5.11 Å². The van der Waals surface area contributed by atoms with Crippen LogP contribution in [-0.2, 0) is 20.7 Å². The fourth-order valence-corrected chi connectivity index (χ4v) is 1.76. The molecule has 1 atom stereocenters. The summed E-state index contributed by atoms with van der Waals surface area (Å²) in [4.78, 5) is 26.0. The van der Waals surface area contributed by atoms with E-state index in [2.05, 4.69) is 15.0 Å². The third-order valence-electron chi connectivity index (χ3n) is 2.14. The molecule has 0 aliphatic rings. The van der Waals surface area contributed by atoms with Crippen molar-refractivity contribution in [3.63, 3.8) is 0 Å². The second-order valence-electron chi connectivity index (χ2n) is 3.35. The van der Waals surface area contributed by atoms with E-state index >= 15 is 0 Å². The molecule has 0 aromatic carbocycles. The second-order valence-corrected chi connectivity index (χ2v) is 4.07. The van der Waals surface area contributed by atoms with Crippen LogP contribution in [-0.4, -0.2) is 41.7 Å². The van der Waals surface area contributed by atoms with Crippen LogP contribution in [0.2, 0.25) is 0 Å². The summed E-state index contributed by atoms with van der Waals surface area (Å²) in [6.07, 6.45) is -0.155. The van der Waals surface area contributed by atoms with Crippen LogP contribution in [0.3, 0.4) is 0 Å². The van der Waals surface area contributed by atoms with E-state index in [-0.39, 0.29) is 12.5 Å². The molecular formula is C10H14N2O4S. The molecule has 0 radical (unpaired) electrons. The minimum atomic E-state index is -1.09. The monoisotopic (exact) mass is 258 g/mol. The number of amides is 1. The van der Waals surface area contributed by atoms with Gasteiger partial charge in [0.15, 0.2) is 6.10 Å². The van der Waals surface area contributed by atoms with Gasteiger partial charge >= 0.3 is 5.97 Å². The molecule has 1 aromatic rings. The summed E-state index contributed by atoms with van der Waals surface area (Å²) in [6.45, 7) is -0.0261. The Labute approximate surface area is 103 Å². The van der Waals surface area contributed by atoms with Gasteiger partial charge in [0.1, 0.15) is 0 Å². The maximum Gasteiger partial charge on any atom is 0.334 e. The predicted octanol–water partition coefficient (Wildman–Crippen LogP) is 0.292. The van der Waals surface area contributed by atoms with Crippen molar-refractivity contribution in [3.05, 3.63) is 16.6 Å². The number of carbonyl (C=O) groups is 2. The number of thiazole rings is 1. The Balaban J connectivity index is 2.23. The molecule has 0 bridgehead atoms. The van der Waals surface area contributed by atoms with Gasteiger partial charge < -0.3 is 15.2 Å². The molecule has 1 heterocycles. The van der Waals surface area contributed by atoms with Gasteiger partial charge in [-0.25, -0.2) is 9.78 Å². The number of aryl methyl sites for hydroxylation is 1. The number of nitrogens with zero attached hydrogens (tertiary/aromatic N) is 1. The van der Waals surface area contributed by atoms with Crippen molar-refractivity contribution >= 4 is 23.2 Å². The van der Waals surface area contributed by atoms with Crippen molar-refractivity contribution in [2.45, 2.75) is 18.9 Å². The highest BCUT2D eigenvalue weighted by Gasteiger charge is 2.16. The molecule has 1 amide bonds. The number of carboxylic acid groups (broad SMARTS) is 1. The van der Waals surface area contributed by atoms with Crippen LogP contribution in [0.4, 0.5) is 0 Å². The van der Waals surface area contributed by atoms with Crippen molar-refractivity contribution in [2.75, 3.05) is 13.7 Å². The van der Waals surface area contributed by atoms with E-state index in [9.17, 15) is 9.59 Å². The van der Waals surface area contributed by atoms with Crippen LogP contribution in [0, 0.1) is 0 Å². The van der Waals surface area contributed by atoms with Gasteiger partial charge in [-0.2, -0.15) is 0 Å². The molecule has 0 saturated heterocycles. The normalized spacial score (nSPS) is 12.1. The van der Waals surface area contributed by atoms with E-state index in [1.807, 2.05) is 5.38 Å². The Morgan fingerprint density at radius 2 is 2.41 bits per heavy atom. The Morgan fingerprint density at radius 3 is 2.94 bits per heavy atom. The number of ether oxygens (including phenoxy) is 1. The third kappa shape index (κ3) is 4.92. The fourth-order valence-electron chi connectivity index (χ4n) is 1.17. The average Bonchev–Trinajstić information content (AvgIpc) is 2.79. The molecule has 0 aliphatic carbocycles. The van der Waals surface area contributed by atoms with Crippen LogP contribution in [0.1, 0.15) is 12.1 Å². The molecule has 94 valence electrons. The standard InChI is InChI=1S/C10H14N2O4S/c1-16-8(10(14)15)4-11-9(13)3-2-7-5-17-6-12-7/h5-6,8H,2-4H2,1H3,(H,11,13)(H,14,15). The number of nitrogens with one attached hydrogen (secondary N) is 1. The largest absolute Gasteiger partial charge is 0.479 e. The van der Waals surface area contributed by atoms with Crippen molar-refractivity contribution in [3.8, 4) is 0 Å². The zero-order valence-electron chi connectivity index (χ0n) is 9.38. The number of hydrogen-bond acceptors (Lipinski definition) is 5. The van der Waals surface area contributed by atoms with Crippen molar-refractivity contribution in [2.24, 2.45) is 0 Å². The first kappa shape index (κ1) is 13.6. The molecule has 1 aromatic heterocycles. The lowest BCUT2D eigenvalue weighted by molar-refractivity contribution is -0.148. The highest BCUT2D eigenvalue weighted by atomic mass is 32.1. The SMILES string of the molecule is COC(CNC(=O)CCc1cscn1)C(=O)O. The highest BCUT2D eigenvalue weighted by molar-refractivity contribution is 7.07. The van der Waals surface area contributed by atoms with E-state index in [1.165, 1.54) is 18.4 Å². The molecule has 2 N–H and O–H groups in total. The lowest BCUT2D eigenvalue weighted by Gasteiger charge is -2.11. The first-order valence-electron chi connectivity index (χ1n) is 5.03. The zero-order valence-corrected chi connectivity index (χ0v) is 10.2. The summed E-state index contributed by atoms with van der Waals surface area (Å²) >= 11 is 1.48. The van der Waals surface area contributed by atoms with Gasteiger partial charge in [-0.3, -0.25) is 4.79 Å². The van der Waals surface area contributed by atoms with E-state index in [0.29, 0.717) is 12.8 Å². The van der Waals surface area contributed by atoms with Crippen LogP contribution in [0.15, 0.2) is 10.9 Å². The topological polar surface area (TPSA) is 88.5 Å². The van der Waals surface area contributed by atoms with Crippen molar-refractivity contribution in [1.29, 1.82) is 0 Å². The number of hydrogen-bond donors (Lipinski definition) is 2. The van der Waals surface area contributed by atoms with Gasteiger partial charge in [-0.15, -0.1) is 11.3 Å². The quantitative estimate of drug-likeness (QED) is 0.734. The minimum Gasteiger partial charge on any atom is -0.479 e. The Morgan fingerprint density at radius 1 is 1.65 bits per heavy atom. The predicted molar refractivity (Wildman–Crippen MR) is 61.9 cm³/mol. The van der Waals surface area contributed by atoms with Gasteiger partial charge in [0, 0.05) is 18.9 Å². The molecule has 7 heteroatoms.